The topological polar surface area (TPSA) is 74.7 Å². The number of nitrogens with zero attached hydrogens (tertiary/aromatic N) is 1. The number of carboxylic acids is 1. The van der Waals surface area contributed by atoms with E-state index in [9.17, 15) is 13.8 Å². The van der Waals surface area contributed by atoms with E-state index in [0.717, 1.165) is 12.8 Å². The lowest BCUT2D eigenvalue weighted by Gasteiger charge is -2.15. The average Bonchev–Trinajstić information content (AvgIpc) is 3.22. The monoisotopic (exact) mass is 359 g/mol. The maximum Gasteiger partial charge on any atom is 0.336 e. The van der Waals surface area contributed by atoms with Crippen molar-refractivity contribution in [1.29, 1.82) is 0 Å². The van der Waals surface area contributed by atoms with Crippen molar-refractivity contribution in [2.45, 2.75) is 23.8 Å². The molecule has 1 aromatic rings. The molecule has 1 aromatic carbocycles. The average molecular weight is 360 g/mol. The third kappa shape index (κ3) is 3.46. The Balaban J connectivity index is 2.10. The van der Waals surface area contributed by atoms with Crippen LogP contribution < -0.4 is 0 Å². The van der Waals surface area contributed by atoms with Gasteiger partial charge in [0.15, 0.2) is 0 Å². The highest BCUT2D eigenvalue weighted by molar-refractivity contribution is 9.10. The number of halogens is 1. The Kier molecular flexibility index (Phi) is 4.59. The first-order chi connectivity index (χ1) is 9.40. The van der Waals surface area contributed by atoms with Gasteiger partial charge in [-0.15, -0.1) is 0 Å². The molecule has 1 saturated carbocycles. The fourth-order valence-electron chi connectivity index (χ4n) is 1.77. The van der Waals surface area contributed by atoms with Crippen molar-refractivity contribution in [1.82, 2.24) is 4.90 Å². The molecule has 0 bridgehead atoms. The highest BCUT2D eigenvalue weighted by atomic mass is 79.9. The first-order valence-corrected chi connectivity index (χ1v) is 8.18. The minimum Gasteiger partial charge on any atom is -0.478 e. The second kappa shape index (κ2) is 6.05. The van der Waals surface area contributed by atoms with Crippen molar-refractivity contribution in [2.24, 2.45) is 0 Å². The number of carbonyl (C=O) groups is 2. The number of amides is 1. The molecule has 0 saturated heterocycles. The molecule has 7 heteroatoms. The summed E-state index contributed by atoms with van der Waals surface area (Å²) >= 11 is 3.13. The van der Waals surface area contributed by atoms with E-state index in [1.165, 1.54) is 12.1 Å². The van der Waals surface area contributed by atoms with E-state index in [2.05, 4.69) is 15.9 Å². The highest BCUT2D eigenvalue weighted by Crippen LogP contribution is 2.26. The van der Waals surface area contributed by atoms with E-state index in [1.54, 1.807) is 18.0 Å². The Hall–Kier alpha value is -1.21. The summed E-state index contributed by atoms with van der Waals surface area (Å²) in [5, 5.41) is 9.02. The van der Waals surface area contributed by atoms with Crippen molar-refractivity contribution in [3.8, 4) is 0 Å². The van der Waals surface area contributed by atoms with Gasteiger partial charge < -0.3 is 10.0 Å². The zero-order chi connectivity index (χ0) is 14.9. The van der Waals surface area contributed by atoms with Crippen LogP contribution in [0, 0.1) is 0 Å². The van der Waals surface area contributed by atoms with Crippen LogP contribution in [0.1, 0.15) is 23.2 Å². The van der Waals surface area contributed by atoms with Crippen molar-refractivity contribution >= 4 is 38.6 Å². The van der Waals surface area contributed by atoms with Crippen LogP contribution in [-0.4, -0.2) is 44.9 Å². The Morgan fingerprint density at radius 1 is 1.45 bits per heavy atom. The summed E-state index contributed by atoms with van der Waals surface area (Å²) in [4.78, 5) is 24.9. The van der Waals surface area contributed by atoms with Gasteiger partial charge in [0.2, 0.25) is 5.91 Å². The summed E-state index contributed by atoms with van der Waals surface area (Å²) in [6.07, 6.45) is 1.99. The number of carbonyl (C=O) groups excluding carboxylic acids is 1. The maximum absolute atomic E-state index is 12.1. The van der Waals surface area contributed by atoms with Crippen LogP contribution in [0.3, 0.4) is 0 Å². The van der Waals surface area contributed by atoms with E-state index in [1.807, 2.05) is 0 Å². The second-order valence-electron chi connectivity index (χ2n) is 4.67. The van der Waals surface area contributed by atoms with Crippen molar-refractivity contribution < 1.29 is 18.9 Å². The maximum atomic E-state index is 12.1. The normalized spacial score (nSPS) is 15.7. The van der Waals surface area contributed by atoms with Crippen LogP contribution in [0.2, 0.25) is 0 Å². The van der Waals surface area contributed by atoms with Crippen molar-refractivity contribution in [3.05, 3.63) is 28.2 Å². The molecule has 0 radical (unpaired) electrons. The zero-order valence-electron chi connectivity index (χ0n) is 10.8. The van der Waals surface area contributed by atoms with E-state index in [-0.39, 0.29) is 23.3 Å². The SMILES string of the molecule is CN(C(=O)CS(=O)c1ccc(Br)c(C(=O)O)c1)C1CC1. The Morgan fingerprint density at radius 3 is 2.65 bits per heavy atom. The Bertz CT molecular complexity index is 586. The van der Waals surface area contributed by atoms with Gasteiger partial charge in [-0.25, -0.2) is 4.79 Å². The van der Waals surface area contributed by atoms with Crippen LogP contribution in [0.15, 0.2) is 27.6 Å². The number of aromatic carboxylic acids is 1. The molecule has 1 fully saturated rings. The van der Waals surface area contributed by atoms with E-state index < -0.39 is 16.8 Å². The van der Waals surface area contributed by atoms with Gasteiger partial charge >= 0.3 is 5.97 Å². The first kappa shape index (κ1) is 15.2. The van der Waals surface area contributed by atoms with Gasteiger partial charge in [-0.1, -0.05) is 0 Å². The lowest BCUT2D eigenvalue weighted by atomic mass is 10.2. The van der Waals surface area contributed by atoms with Gasteiger partial charge in [0, 0.05) is 22.5 Å². The van der Waals surface area contributed by atoms with Gasteiger partial charge in [-0.3, -0.25) is 9.00 Å². The molecular weight excluding hydrogens is 346 g/mol. The molecule has 20 heavy (non-hydrogen) atoms. The third-order valence-electron chi connectivity index (χ3n) is 3.17. The molecule has 5 nitrogen and oxygen atoms in total. The first-order valence-electron chi connectivity index (χ1n) is 6.07. The van der Waals surface area contributed by atoms with Gasteiger partial charge in [0.05, 0.1) is 16.4 Å². The van der Waals surface area contributed by atoms with Gasteiger partial charge in [0.25, 0.3) is 0 Å². The van der Waals surface area contributed by atoms with Gasteiger partial charge in [-0.05, 0) is 47.0 Å². The van der Waals surface area contributed by atoms with Crippen LogP contribution in [-0.2, 0) is 15.6 Å². The molecule has 0 aromatic heterocycles. The lowest BCUT2D eigenvalue weighted by Crippen LogP contribution is -2.32. The summed E-state index contributed by atoms with van der Waals surface area (Å²) in [5.74, 6) is -1.39. The van der Waals surface area contributed by atoms with E-state index in [0.29, 0.717) is 9.37 Å². The lowest BCUT2D eigenvalue weighted by molar-refractivity contribution is -0.127. The minimum atomic E-state index is -1.53. The van der Waals surface area contributed by atoms with E-state index in [4.69, 9.17) is 5.11 Å². The molecule has 0 aliphatic heterocycles. The van der Waals surface area contributed by atoms with Crippen molar-refractivity contribution in [3.63, 3.8) is 0 Å². The molecule has 0 spiro atoms. The third-order valence-corrected chi connectivity index (χ3v) is 5.15. The summed E-state index contributed by atoms with van der Waals surface area (Å²) in [6.45, 7) is 0. The standard InChI is InChI=1S/C13H14BrNO4S/c1-15(8-2-3-8)12(16)7-20(19)9-4-5-11(14)10(6-9)13(17)18/h4-6,8H,2-3,7H2,1H3,(H,17,18). The predicted molar refractivity (Wildman–Crippen MR) is 78.2 cm³/mol. The molecule has 108 valence electrons. The quantitative estimate of drug-likeness (QED) is 0.870. The van der Waals surface area contributed by atoms with Crippen LogP contribution in [0.4, 0.5) is 0 Å². The molecule has 2 rings (SSSR count). The molecule has 1 aliphatic carbocycles. The zero-order valence-corrected chi connectivity index (χ0v) is 13.2. The molecule has 1 unspecified atom stereocenters. The van der Waals surface area contributed by atoms with Gasteiger partial charge in [-0.2, -0.15) is 0 Å². The molecular formula is C13H14BrNO4S. The summed E-state index contributed by atoms with van der Waals surface area (Å²) in [5.41, 5.74) is 0.0406. The highest BCUT2D eigenvalue weighted by Gasteiger charge is 2.30. The summed E-state index contributed by atoms with van der Waals surface area (Å²) in [6, 6.07) is 4.72. The number of hydrogen-bond acceptors (Lipinski definition) is 3. The number of benzene rings is 1. The molecule has 1 atom stereocenters. The largest absolute Gasteiger partial charge is 0.478 e. The Morgan fingerprint density at radius 2 is 2.10 bits per heavy atom. The summed E-state index contributed by atoms with van der Waals surface area (Å²) < 4.78 is 12.6. The molecule has 1 amide bonds. The number of rotatable bonds is 5. The summed E-state index contributed by atoms with van der Waals surface area (Å²) in [7, 11) is 0.176. The molecule has 1 aliphatic rings. The van der Waals surface area contributed by atoms with Crippen LogP contribution in [0.25, 0.3) is 0 Å². The van der Waals surface area contributed by atoms with E-state index >= 15 is 0 Å². The Labute approximate surface area is 127 Å². The van der Waals surface area contributed by atoms with Crippen LogP contribution in [0.5, 0.6) is 0 Å². The number of hydrogen-bond donors (Lipinski definition) is 1. The predicted octanol–water partition coefficient (Wildman–Crippen LogP) is 1.88. The van der Waals surface area contributed by atoms with Crippen LogP contribution >= 0.6 is 15.9 Å². The van der Waals surface area contributed by atoms with Gasteiger partial charge in [0.1, 0.15) is 5.75 Å². The van der Waals surface area contributed by atoms with Crippen molar-refractivity contribution in [2.75, 3.05) is 12.8 Å². The number of carboxylic acid groups (broad SMARTS) is 1. The second-order valence-corrected chi connectivity index (χ2v) is 6.98. The fourth-order valence-corrected chi connectivity index (χ4v) is 3.25. The molecule has 1 N–H and O–H groups in total. The molecule has 0 heterocycles. The fraction of sp³-hybridized carbons (Fsp3) is 0.385. The smallest absolute Gasteiger partial charge is 0.336 e. The minimum absolute atomic E-state index is 0.0406.